The van der Waals surface area contributed by atoms with E-state index in [0.717, 1.165) is 13.1 Å². The van der Waals surface area contributed by atoms with Crippen molar-refractivity contribution in [3.63, 3.8) is 0 Å². The van der Waals surface area contributed by atoms with E-state index in [1.165, 1.54) is 19.5 Å². The molecule has 1 aliphatic heterocycles. The summed E-state index contributed by atoms with van der Waals surface area (Å²) in [5.74, 6) is 0. The molecule has 1 rings (SSSR count). The van der Waals surface area contributed by atoms with Crippen LogP contribution >= 0.6 is 0 Å². The standard InChI is InChI=1S/C10H23N3/c1-10(2,3)13-7-4-9(8-13)12-6-5-11/h9,12H,4-8,11H2,1-3H3. The molecule has 0 aliphatic carbocycles. The Bertz CT molecular complexity index is 151. The Morgan fingerprint density at radius 3 is 2.62 bits per heavy atom. The minimum Gasteiger partial charge on any atom is -0.329 e. The third-order valence-corrected chi connectivity index (χ3v) is 2.71. The average Bonchev–Trinajstić information content (AvgIpc) is 2.47. The van der Waals surface area contributed by atoms with Crippen molar-refractivity contribution in [2.75, 3.05) is 26.2 Å². The molecule has 0 radical (unpaired) electrons. The summed E-state index contributed by atoms with van der Waals surface area (Å²) < 4.78 is 0. The van der Waals surface area contributed by atoms with E-state index in [-0.39, 0.29) is 0 Å². The van der Waals surface area contributed by atoms with E-state index in [1.54, 1.807) is 0 Å². The number of hydrogen-bond donors (Lipinski definition) is 2. The molecule has 0 saturated carbocycles. The summed E-state index contributed by atoms with van der Waals surface area (Å²) in [5.41, 5.74) is 5.77. The largest absolute Gasteiger partial charge is 0.329 e. The molecule has 3 nitrogen and oxygen atoms in total. The molecular formula is C10H23N3. The maximum absolute atomic E-state index is 5.45. The summed E-state index contributed by atoms with van der Waals surface area (Å²) in [4.78, 5) is 2.53. The molecule has 1 unspecified atom stereocenters. The lowest BCUT2D eigenvalue weighted by Crippen LogP contribution is -2.42. The summed E-state index contributed by atoms with van der Waals surface area (Å²) >= 11 is 0. The fourth-order valence-electron chi connectivity index (χ4n) is 1.82. The SMILES string of the molecule is CC(C)(C)N1CCC(NCCN)C1. The number of nitrogens with zero attached hydrogens (tertiary/aromatic N) is 1. The second-order valence-corrected chi connectivity index (χ2v) is 4.85. The van der Waals surface area contributed by atoms with Crippen LogP contribution < -0.4 is 11.1 Å². The first-order chi connectivity index (χ1) is 6.04. The van der Waals surface area contributed by atoms with Crippen LogP contribution in [-0.4, -0.2) is 42.7 Å². The number of nitrogens with one attached hydrogen (secondary N) is 1. The van der Waals surface area contributed by atoms with Crippen molar-refractivity contribution in [2.45, 2.75) is 38.8 Å². The van der Waals surface area contributed by atoms with Crippen molar-refractivity contribution in [1.82, 2.24) is 10.2 Å². The van der Waals surface area contributed by atoms with Gasteiger partial charge in [-0.15, -0.1) is 0 Å². The lowest BCUT2D eigenvalue weighted by molar-refractivity contribution is 0.171. The summed E-state index contributed by atoms with van der Waals surface area (Å²) in [6.07, 6.45) is 1.26. The van der Waals surface area contributed by atoms with Gasteiger partial charge < -0.3 is 11.1 Å². The second-order valence-electron chi connectivity index (χ2n) is 4.85. The van der Waals surface area contributed by atoms with Crippen LogP contribution in [0.4, 0.5) is 0 Å². The minimum atomic E-state index is 0.319. The third kappa shape index (κ3) is 3.25. The lowest BCUT2D eigenvalue weighted by Gasteiger charge is -2.31. The fraction of sp³-hybridized carbons (Fsp3) is 1.00. The van der Waals surface area contributed by atoms with Crippen molar-refractivity contribution < 1.29 is 0 Å². The van der Waals surface area contributed by atoms with Gasteiger partial charge in [0.05, 0.1) is 0 Å². The Labute approximate surface area is 81.7 Å². The maximum Gasteiger partial charge on any atom is 0.0207 e. The molecule has 13 heavy (non-hydrogen) atoms. The Hall–Kier alpha value is -0.120. The zero-order valence-corrected chi connectivity index (χ0v) is 9.14. The van der Waals surface area contributed by atoms with Crippen LogP contribution in [0.5, 0.6) is 0 Å². The van der Waals surface area contributed by atoms with E-state index in [1.807, 2.05) is 0 Å². The molecule has 0 aromatic carbocycles. The van der Waals surface area contributed by atoms with Crippen molar-refractivity contribution in [3.8, 4) is 0 Å². The molecule has 3 N–H and O–H groups in total. The van der Waals surface area contributed by atoms with Gasteiger partial charge in [-0.2, -0.15) is 0 Å². The Morgan fingerprint density at radius 2 is 2.15 bits per heavy atom. The Balaban J connectivity index is 2.28. The van der Waals surface area contributed by atoms with E-state index in [9.17, 15) is 0 Å². The van der Waals surface area contributed by atoms with Gasteiger partial charge in [0.2, 0.25) is 0 Å². The number of nitrogens with two attached hydrogens (primary N) is 1. The van der Waals surface area contributed by atoms with Gasteiger partial charge >= 0.3 is 0 Å². The zero-order chi connectivity index (χ0) is 9.90. The van der Waals surface area contributed by atoms with Gasteiger partial charge in [0, 0.05) is 37.8 Å². The molecular weight excluding hydrogens is 162 g/mol. The van der Waals surface area contributed by atoms with E-state index in [0.29, 0.717) is 11.6 Å². The van der Waals surface area contributed by atoms with Crippen LogP contribution in [0.15, 0.2) is 0 Å². The highest BCUT2D eigenvalue weighted by molar-refractivity contribution is 4.87. The van der Waals surface area contributed by atoms with Crippen molar-refractivity contribution in [3.05, 3.63) is 0 Å². The quantitative estimate of drug-likeness (QED) is 0.669. The van der Waals surface area contributed by atoms with Gasteiger partial charge in [0.15, 0.2) is 0 Å². The Morgan fingerprint density at radius 1 is 1.46 bits per heavy atom. The average molecular weight is 185 g/mol. The first kappa shape index (κ1) is 11.0. The first-order valence-corrected chi connectivity index (χ1v) is 5.22. The molecule has 1 atom stereocenters. The second kappa shape index (κ2) is 4.40. The van der Waals surface area contributed by atoms with Gasteiger partial charge in [-0.1, -0.05) is 0 Å². The minimum absolute atomic E-state index is 0.319. The third-order valence-electron chi connectivity index (χ3n) is 2.71. The Kier molecular flexibility index (Phi) is 3.71. The van der Waals surface area contributed by atoms with Crippen molar-refractivity contribution in [2.24, 2.45) is 5.73 Å². The monoisotopic (exact) mass is 185 g/mol. The molecule has 1 fully saturated rings. The summed E-state index contributed by atoms with van der Waals surface area (Å²) in [6.45, 7) is 10.9. The van der Waals surface area contributed by atoms with Crippen molar-refractivity contribution in [1.29, 1.82) is 0 Å². The smallest absolute Gasteiger partial charge is 0.0207 e. The van der Waals surface area contributed by atoms with Gasteiger partial charge in [0.25, 0.3) is 0 Å². The van der Waals surface area contributed by atoms with Crippen LogP contribution in [0.25, 0.3) is 0 Å². The molecule has 0 aromatic heterocycles. The van der Waals surface area contributed by atoms with Gasteiger partial charge in [-0.3, -0.25) is 4.90 Å². The van der Waals surface area contributed by atoms with Crippen LogP contribution in [0.2, 0.25) is 0 Å². The van der Waals surface area contributed by atoms with Gasteiger partial charge in [0.1, 0.15) is 0 Å². The molecule has 1 aliphatic rings. The molecule has 1 heterocycles. The van der Waals surface area contributed by atoms with E-state index < -0.39 is 0 Å². The van der Waals surface area contributed by atoms with E-state index in [4.69, 9.17) is 5.73 Å². The molecule has 3 heteroatoms. The van der Waals surface area contributed by atoms with Crippen LogP contribution in [0, 0.1) is 0 Å². The van der Waals surface area contributed by atoms with Crippen LogP contribution in [0.1, 0.15) is 27.2 Å². The molecule has 0 amide bonds. The lowest BCUT2D eigenvalue weighted by atomic mass is 10.1. The summed E-state index contributed by atoms with van der Waals surface area (Å²) in [6, 6.07) is 0.655. The number of rotatable bonds is 3. The maximum atomic E-state index is 5.45. The van der Waals surface area contributed by atoms with E-state index >= 15 is 0 Å². The predicted molar refractivity (Wildman–Crippen MR) is 56.8 cm³/mol. The first-order valence-electron chi connectivity index (χ1n) is 5.22. The molecule has 0 bridgehead atoms. The molecule has 78 valence electrons. The zero-order valence-electron chi connectivity index (χ0n) is 9.14. The normalized spacial score (nSPS) is 25.4. The highest BCUT2D eigenvalue weighted by Crippen LogP contribution is 2.20. The topological polar surface area (TPSA) is 41.3 Å². The van der Waals surface area contributed by atoms with E-state index in [2.05, 4.69) is 31.0 Å². The molecule has 0 spiro atoms. The summed E-state index contributed by atoms with van der Waals surface area (Å²) in [7, 11) is 0. The van der Waals surface area contributed by atoms with Crippen LogP contribution in [0.3, 0.4) is 0 Å². The fourth-order valence-corrected chi connectivity index (χ4v) is 1.82. The van der Waals surface area contributed by atoms with Gasteiger partial charge in [-0.05, 0) is 27.2 Å². The number of hydrogen-bond acceptors (Lipinski definition) is 3. The van der Waals surface area contributed by atoms with Gasteiger partial charge in [-0.25, -0.2) is 0 Å². The predicted octanol–water partition coefficient (Wildman–Crippen LogP) is 0.408. The summed E-state index contributed by atoms with van der Waals surface area (Å²) in [5, 5.41) is 3.47. The molecule has 0 aromatic rings. The van der Waals surface area contributed by atoms with Crippen LogP contribution in [-0.2, 0) is 0 Å². The highest BCUT2D eigenvalue weighted by Gasteiger charge is 2.29. The number of likely N-dealkylation sites (tertiary alicyclic amines) is 1. The highest BCUT2D eigenvalue weighted by atomic mass is 15.2. The molecule has 1 saturated heterocycles. The van der Waals surface area contributed by atoms with Crippen molar-refractivity contribution >= 4 is 0 Å².